The molecule has 0 amide bonds. The van der Waals surface area contributed by atoms with Gasteiger partial charge in [0.05, 0.1) is 12.6 Å². The van der Waals surface area contributed by atoms with Gasteiger partial charge in [-0.1, -0.05) is 6.42 Å². The number of rotatable bonds is 3. The number of nitrogens with one attached hydrogen (secondary N) is 1. The van der Waals surface area contributed by atoms with E-state index in [1.54, 1.807) is 12.4 Å². The molecule has 1 unspecified atom stereocenters. The van der Waals surface area contributed by atoms with E-state index in [-0.39, 0.29) is 6.04 Å². The maximum Gasteiger partial charge on any atom is 0.154 e. The summed E-state index contributed by atoms with van der Waals surface area (Å²) in [7, 11) is 0. The Balaban J connectivity index is 1.66. The first kappa shape index (κ1) is 12.6. The van der Waals surface area contributed by atoms with Gasteiger partial charge in [-0.2, -0.15) is 0 Å². The highest BCUT2D eigenvalue weighted by molar-refractivity contribution is 5.98. The zero-order valence-corrected chi connectivity index (χ0v) is 11.1. The van der Waals surface area contributed by atoms with Gasteiger partial charge < -0.3 is 4.90 Å². The molecule has 102 valence electrons. The van der Waals surface area contributed by atoms with Crippen LogP contribution in [-0.4, -0.2) is 48.0 Å². The molecular weight excluding hydrogens is 240 g/mol. The van der Waals surface area contributed by atoms with Gasteiger partial charge in [0.15, 0.2) is 5.84 Å². The van der Waals surface area contributed by atoms with Crippen molar-refractivity contribution in [3.63, 3.8) is 0 Å². The van der Waals surface area contributed by atoms with E-state index in [1.807, 2.05) is 12.1 Å². The minimum Gasteiger partial charge on any atom is -0.301 e. The van der Waals surface area contributed by atoms with Crippen molar-refractivity contribution >= 4 is 5.84 Å². The summed E-state index contributed by atoms with van der Waals surface area (Å²) >= 11 is 0. The van der Waals surface area contributed by atoms with Crippen LogP contribution in [0.15, 0.2) is 29.5 Å². The highest BCUT2D eigenvalue weighted by Crippen LogP contribution is 2.12. The van der Waals surface area contributed by atoms with Gasteiger partial charge in [-0.05, 0) is 38.1 Å². The molecule has 5 heteroatoms. The molecule has 0 bridgehead atoms. The number of likely N-dealkylation sites (tertiary alicyclic amines) is 1. The lowest BCUT2D eigenvalue weighted by atomic mass is 10.1. The number of hydrogen-bond acceptors (Lipinski definition) is 5. The van der Waals surface area contributed by atoms with Crippen molar-refractivity contribution in [1.82, 2.24) is 15.4 Å². The average molecular weight is 260 g/mol. The summed E-state index contributed by atoms with van der Waals surface area (Å²) in [6.07, 6.45) is 7.55. The Hall–Kier alpha value is -1.46. The predicted molar refractivity (Wildman–Crippen MR) is 73.9 cm³/mol. The zero-order valence-electron chi connectivity index (χ0n) is 11.1. The summed E-state index contributed by atoms with van der Waals surface area (Å²) in [5.41, 5.74) is 3.87. The van der Waals surface area contributed by atoms with Crippen LogP contribution in [-0.2, 0) is 4.84 Å². The fraction of sp³-hybridized carbons (Fsp3) is 0.571. The largest absolute Gasteiger partial charge is 0.301 e. The number of amidine groups is 1. The van der Waals surface area contributed by atoms with E-state index in [2.05, 4.69) is 15.4 Å². The standard InChI is InChI=1S/C14H20N4O/c1-2-7-18(8-3-1)10-13-11-19-17-14(16-13)12-5-4-6-15-9-12/h4-6,9,13H,1-3,7-8,10-11H2,(H,16,17). The van der Waals surface area contributed by atoms with Crippen LogP contribution in [0.3, 0.4) is 0 Å². The maximum absolute atomic E-state index is 5.46. The molecule has 0 aromatic carbocycles. The molecule has 0 aliphatic carbocycles. The number of piperidine rings is 1. The lowest BCUT2D eigenvalue weighted by molar-refractivity contribution is 0.0513. The molecule has 19 heavy (non-hydrogen) atoms. The number of nitrogens with zero attached hydrogens (tertiary/aromatic N) is 3. The van der Waals surface area contributed by atoms with Crippen molar-refractivity contribution in [3.05, 3.63) is 30.1 Å². The van der Waals surface area contributed by atoms with E-state index in [0.29, 0.717) is 6.61 Å². The van der Waals surface area contributed by atoms with Gasteiger partial charge >= 0.3 is 0 Å². The molecule has 1 aromatic rings. The molecule has 2 aliphatic heterocycles. The second kappa shape index (κ2) is 6.12. The molecule has 3 heterocycles. The Morgan fingerprint density at radius 3 is 3.00 bits per heavy atom. The topological polar surface area (TPSA) is 49.8 Å². The van der Waals surface area contributed by atoms with Crippen molar-refractivity contribution in [1.29, 1.82) is 0 Å². The summed E-state index contributed by atoms with van der Waals surface area (Å²) in [6, 6.07) is 4.12. The quantitative estimate of drug-likeness (QED) is 0.887. The zero-order chi connectivity index (χ0) is 12.9. The molecule has 0 radical (unpaired) electrons. The van der Waals surface area contributed by atoms with Crippen LogP contribution in [0, 0.1) is 0 Å². The van der Waals surface area contributed by atoms with Crippen LogP contribution in [0.4, 0.5) is 0 Å². The molecule has 1 aromatic heterocycles. The van der Waals surface area contributed by atoms with Crippen molar-refractivity contribution in [2.75, 3.05) is 26.2 Å². The van der Waals surface area contributed by atoms with Gasteiger partial charge in [-0.3, -0.25) is 14.8 Å². The van der Waals surface area contributed by atoms with Crippen LogP contribution in [0.1, 0.15) is 24.8 Å². The minimum atomic E-state index is 0.217. The Kier molecular flexibility index (Phi) is 4.05. The summed E-state index contributed by atoms with van der Waals surface area (Å²) < 4.78 is 0. The fourth-order valence-corrected chi connectivity index (χ4v) is 2.62. The Morgan fingerprint density at radius 1 is 1.32 bits per heavy atom. The van der Waals surface area contributed by atoms with Crippen LogP contribution in [0.5, 0.6) is 0 Å². The van der Waals surface area contributed by atoms with Gasteiger partial charge in [0.2, 0.25) is 0 Å². The summed E-state index contributed by atoms with van der Waals surface area (Å²) in [4.78, 5) is 16.8. The van der Waals surface area contributed by atoms with Crippen molar-refractivity contribution in [2.24, 2.45) is 4.99 Å². The first-order chi connectivity index (χ1) is 9.42. The molecule has 5 nitrogen and oxygen atoms in total. The van der Waals surface area contributed by atoms with Crippen molar-refractivity contribution in [2.45, 2.75) is 25.3 Å². The third-order valence-corrected chi connectivity index (χ3v) is 3.61. The molecule has 1 atom stereocenters. The first-order valence-corrected chi connectivity index (χ1v) is 7.00. The van der Waals surface area contributed by atoms with E-state index in [1.165, 1.54) is 32.4 Å². The highest BCUT2D eigenvalue weighted by Gasteiger charge is 2.20. The lowest BCUT2D eigenvalue weighted by Gasteiger charge is -2.30. The molecule has 0 spiro atoms. The number of pyridine rings is 1. The first-order valence-electron chi connectivity index (χ1n) is 7.00. The molecule has 1 fully saturated rings. The smallest absolute Gasteiger partial charge is 0.154 e. The van der Waals surface area contributed by atoms with E-state index in [0.717, 1.165) is 17.9 Å². The van der Waals surface area contributed by atoms with Crippen molar-refractivity contribution < 1.29 is 4.84 Å². The van der Waals surface area contributed by atoms with Crippen molar-refractivity contribution in [3.8, 4) is 0 Å². The van der Waals surface area contributed by atoms with Crippen LogP contribution >= 0.6 is 0 Å². The third-order valence-electron chi connectivity index (χ3n) is 3.61. The summed E-state index contributed by atoms with van der Waals surface area (Å²) in [5.74, 6) is 0.793. The lowest BCUT2D eigenvalue weighted by Crippen LogP contribution is -2.43. The normalized spacial score (nSPS) is 24.6. The fourth-order valence-electron chi connectivity index (χ4n) is 2.62. The number of aliphatic imine (C=N–C) groups is 1. The molecule has 0 saturated carbocycles. The second-order valence-electron chi connectivity index (χ2n) is 5.15. The van der Waals surface area contributed by atoms with E-state index < -0.39 is 0 Å². The average Bonchev–Trinajstić information content (AvgIpc) is 2.49. The van der Waals surface area contributed by atoms with E-state index in [4.69, 9.17) is 9.83 Å². The van der Waals surface area contributed by atoms with Gasteiger partial charge in [-0.15, -0.1) is 0 Å². The molecule has 3 rings (SSSR count). The third kappa shape index (κ3) is 3.30. The Morgan fingerprint density at radius 2 is 2.21 bits per heavy atom. The SMILES string of the molecule is c1cncc(C2=NC(CN3CCCCC3)CON2)c1. The van der Waals surface area contributed by atoms with Gasteiger partial charge in [0.25, 0.3) is 0 Å². The predicted octanol–water partition coefficient (Wildman–Crippen LogP) is 1.22. The summed E-state index contributed by atoms with van der Waals surface area (Å²) in [6.45, 7) is 4.02. The monoisotopic (exact) mass is 260 g/mol. The second-order valence-corrected chi connectivity index (χ2v) is 5.15. The van der Waals surface area contributed by atoms with Gasteiger partial charge in [-0.25, -0.2) is 5.48 Å². The van der Waals surface area contributed by atoms with E-state index in [9.17, 15) is 0 Å². The number of hydrogen-bond donors (Lipinski definition) is 1. The number of hydroxylamine groups is 1. The molecular formula is C14H20N4O. The molecule has 1 N–H and O–H groups in total. The minimum absolute atomic E-state index is 0.217. The van der Waals surface area contributed by atoms with Crippen LogP contribution < -0.4 is 5.48 Å². The van der Waals surface area contributed by atoms with E-state index >= 15 is 0 Å². The number of aromatic nitrogens is 1. The van der Waals surface area contributed by atoms with Crippen LogP contribution in [0.25, 0.3) is 0 Å². The molecule has 1 saturated heterocycles. The highest BCUT2D eigenvalue weighted by atomic mass is 16.6. The molecule has 2 aliphatic rings. The van der Waals surface area contributed by atoms with Gasteiger partial charge in [0, 0.05) is 24.5 Å². The Bertz CT molecular complexity index is 428. The summed E-state index contributed by atoms with van der Waals surface area (Å²) in [5, 5.41) is 0. The maximum atomic E-state index is 5.46. The Labute approximate surface area is 113 Å². The van der Waals surface area contributed by atoms with Crippen LogP contribution in [0.2, 0.25) is 0 Å². The van der Waals surface area contributed by atoms with Gasteiger partial charge in [0.1, 0.15) is 0 Å².